The van der Waals surface area contributed by atoms with E-state index in [9.17, 15) is 24.6 Å². The molecule has 2 heterocycles. The van der Waals surface area contributed by atoms with Gasteiger partial charge >= 0.3 is 5.97 Å². The highest BCUT2D eigenvalue weighted by molar-refractivity contribution is 6.06. The number of carbonyl (C=O) groups excluding carboxylic acids is 2. The summed E-state index contributed by atoms with van der Waals surface area (Å²) < 4.78 is 0. The quantitative estimate of drug-likeness (QED) is 0.630. The summed E-state index contributed by atoms with van der Waals surface area (Å²) in [6, 6.07) is 6.79. The van der Waals surface area contributed by atoms with Gasteiger partial charge in [0, 0.05) is 19.8 Å². The fourth-order valence-electron chi connectivity index (χ4n) is 3.68. The van der Waals surface area contributed by atoms with Gasteiger partial charge in [-0.25, -0.2) is 4.79 Å². The van der Waals surface area contributed by atoms with Crippen molar-refractivity contribution in [3.63, 3.8) is 0 Å². The van der Waals surface area contributed by atoms with Crippen molar-refractivity contribution < 1.29 is 24.6 Å². The van der Waals surface area contributed by atoms with Crippen LogP contribution in [0, 0.1) is 5.92 Å². The number of rotatable bonds is 6. The van der Waals surface area contributed by atoms with E-state index in [-0.39, 0.29) is 30.1 Å². The van der Waals surface area contributed by atoms with E-state index < -0.39 is 18.0 Å². The van der Waals surface area contributed by atoms with Gasteiger partial charge < -0.3 is 25.3 Å². The van der Waals surface area contributed by atoms with Crippen LogP contribution in [0.2, 0.25) is 0 Å². The molecule has 8 nitrogen and oxygen atoms in total. The number of aliphatic carboxylic acids is 1. The first kappa shape index (κ1) is 18.9. The van der Waals surface area contributed by atoms with Gasteiger partial charge in [0.25, 0.3) is 0 Å². The molecular weight excluding hydrogens is 350 g/mol. The summed E-state index contributed by atoms with van der Waals surface area (Å²) in [5.74, 6) is -2.17. The smallest absolute Gasteiger partial charge is 0.352 e. The number of carboxylic acids is 1. The predicted molar refractivity (Wildman–Crippen MR) is 98.6 cm³/mol. The molecule has 1 aromatic rings. The van der Waals surface area contributed by atoms with Crippen molar-refractivity contribution in [2.24, 2.45) is 5.92 Å². The van der Waals surface area contributed by atoms with Crippen molar-refractivity contribution >= 4 is 29.0 Å². The Morgan fingerprint density at radius 3 is 2.67 bits per heavy atom. The van der Waals surface area contributed by atoms with Gasteiger partial charge in [0.05, 0.1) is 24.6 Å². The predicted octanol–water partition coefficient (Wildman–Crippen LogP) is 0.594. The number of hydrogen-bond donors (Lipinski definition) is 3. The third kappa shape index (κ3) is 3.28. The number of amides is 2. The summed E-state index contributed by atoms with van der Waals surface area (Å²) >= 11 is 0. The van der Waals surface area contributed by atoms with Crippen molar-refractivity contribution in [1.29, 1.82) is 0 Å². The number of anilines is 1. The van der Waals surface area contributed by atoms with Crippen LogP contribution in [0.1, 0.15) is 18.9 Å². The molecule has 0 spiro atoms. The Hall–Kier alpha value is -2.87. The summed E-state index contributed by atoms with van der Waals surface area (Å²) in [6.45, 7) is 1.67. The lowest BCUT2D eigenvalue weighted by Crippen LogP contribution is -2.61. The number of aliphatic hydroxyl groups excluding tert-OH is 1. The van der Waals surface area contributed by atoms with Crippen LogP contribution in [0.5, 0.6) is 0 Å². The summed E-state index contributed by atoms with van der Waals surface area (Å²) in [5.41, 5.74) is 1.91. The molecule has 2 aliphatic rings. The Labute approximate surface area is 157 Å². The lowest BCUT2D eigenvalue weighted by molar-refractivity contribution is -0.161. The lowest BCUT2D eigenvalue weighted by Gasteiger charge is -2.44. The number of carbonyl (C=O) groups is 3. The monoisotopic (exact) mass is 373 g/mol. The first-order chi connectivity index (χ1) is 12.7. The largest absolute Gasteiger partial charge is 0.477 e. The van der Waals surface area contributed by atoms with E-state index in [1.165, 1.54) is 9.80 Å². The van der Waals surface area contributed by atoms with Crippen molar-refractivity contribution in [2.75, 3.05) is 26.0 Å². The Morgan fingerprint density at radius 1 is 1.37 bits per heavy atom. The molecule has 0 aliphatic carbocycles. The summed E-state index contributed by atoms with van der Waals surface area (Å²) in [5, 5.41) is 22.5. The molecule has 3 rings (SSSR count). The third-order valence-corrected chi connectivity index (χ3v) is 5.08. The van der Waals surface area contributed by atoms with Crippen molar-refractivity contribution in [3.05, 3.63) is 35.5 Å². The number of hydrogen-bond acceptors (Lipinski definition) is 5. The van der Waals surface area contributed by atoms with Crippen LogP contribution in [-0.2, 0) is 14.4 Å². The molecule has 0 radical (unpaired) electrons. The number of carboxylic acid groups (broad SMARTS) is 1. The van der Waals surface area contributed by atoms with Gasteiger partial charge in [0.2, 0.25) is 11.8 Å². The standard InChI is InChI=1S/C19H23N3O5/c1-10(23)16-14-8-13(17(19(26)27)22(14)18(16)25)11-5-4-6-12(7-11)20-9-15(24)21(2)3/h4-7,10,14,16,20,23H,8-9H2,1-3H3,(H,26,27)/t10-,14-,16-/m1/s1. The summed E-state index contributed by atoms with van der Waals surface area (Å²) in [6.07, 6.45) is -0.443. The van der Waals surface area contributed by atoms with Crippen LogP contribution < -0.4 is 5.32 Å². The van der Waals surface area contributed by atoms with Gasteiger partial charge in [0.1, 0.15) is 5.70 Å². The maximum Gasteiger partial charge on any atom is 0.352 e. The van der Waals surface area contributed by atoms with Crippen LogP contribution in [0.3, 0.4) is 0 Å². The zero-order valence-electron chi connectivity index (χ0n) is 15.5. The SMILES string of the molecule is C[C@@H](O)[C@H]1C(=O)N2C(C(=O)O)=C(c3cccc(NCC(=O)N(C)C)c3)C[C@H]12. The van der Waals surface area contributed by atoms with Gasteiger partial charge in [-0.15, -0.1) is 0 Å². The molecule has 0 aromatic heterocycles. The van der Waals surface area contributed by atoms with E-state index in [2.05, 4.69) is 5.32 Å². The minimum absolute atomic E-state index is 0.0246. The number of β-lactam (4-membered cyclic amide) rings is 1. The highest BCUT2D eigenvalue weighted by atomic mass is 16.4. The fourth-order valence-corrected chi connectivity index (χ4v) is 3.68. The Morgan fingerprint density at radius 2 is 2.07 bits per heavy atom. The zero-order chi connectivity index (χ0) is 19.9. The molecule has 0 unspecified atom stereocenters. The van der Waals surface area contributed by atoms with E-state index in [4.69, 9.17) is 0 Å². The maximum atomic E-state index is 12.3. The van der Waals surface area contributed by atoms with Gasteiger partial charge in [-0.2, -0.15) is 0 Å². The molecule has 8 heteroatoms. The summed E-state index contributed by atoms with van der Waals surface area (Å²) in [4.78, 5) is 38.6. The van der Waals surface area contributed by atoms with Crippen molar-refractivity contribution in [3.8, 4) is 0 Å². The minimum Gasteiger partial charge on any atom is -0.477 e. The third-order valence-electron chi connectivity index (χ3n) is 5.08. The lowest BCUT2D eigenvalue weighted by atomic mass is 9.82. The molecule has 1 fully saturated rings. The van der Waals surface area contributed by atoms with Gasteiger partial charge in [-0.05, 0) is 36.6 Å². The van der Waals surface area contributed by atoms with Crippen LogP contribution in [0.15, 0.2) is 30.0 Å². The molecule has 1 saturated heterocycles. The first-order valence-electron chi connectivity index (χ1n) is 8.74. The van der Waals surface area contributed by atoms with Gasteiger partial charge in [0.15, 0.2) is 0 Å². The van der Waals surface area contributed by atoms with Crippen molar-refractivity contribution in [1.82, 2.24) is 9.80 Å². The fraction of sp³-hybridized carbons (Fsp3) is 0.421. The number of fused-ring (bicyclic) bond motifs is 1. The highest BCUT2D eigenvalue weighted by Crippen LogP contribution is 2.47. The van der Waals surface area contributed by atoms with Crippen LogP contribution >= 0.6 is 0 Å². The maximum absolute atomic E-state index is 12.3. The first-order valence-corrected chi connectivity index (χ1v) is 8.74. The van der Waals surface area contributed by atoms with Crippen LogP contribution in [0.4, 0.5) is 5.69 Å². The van der Waals surface area contributed by atoms with Crippen molar-refractivity contribution in [2.45, 2.75) is 25.5 Å². The second-order valence-electron chi connectivity index (χ2n) is 7.10. The van der Waals surface area contributed by atoms with E-state index in [0.717, 1.165) is 0 Å². The average Bonchev–Trinajstić information content (AvgIpc) is 2.94. The normalized spacial score (nSPS) is 22.2. The number of benzene rings is 1. The molecule has 2 amide bonds. The molecule has 27 heavy (non-hydrogen) atoms. The highest BCUT2D eigenvalue weighted by Gasteiger charge is 2.56. The van der Waals surface area contributed by atoms with E-state index in [0.29, 0.717) is 23.2 Å². The Bertz CT molecular complexity index is 830. The second kappa shape index (κ2) is 7.03. The molecule has 0 bridgehead atoms. The second-order valence-corrected chi connectivity index (χ2v) is 7.10. The number of nitrogens with zero attached hydrogens (tertiary/aromatic N) is 2. The molecular formula is C19H23N3O5. The molecule has 3 atom stereocenters. The topological polar surface area (TPSA) is 110 Å². The molecule has 1 aromatic carbocycles. The molecule has 3 N–H and O–H groups in total. The van der Waals surface area contributed by atoms with Gasteiger partial charge in [-0.1, -0.05) is 12.1 Å². The number of nitrogens with one attached hydrogen (secondary N) is 1. The van der Waals surface area contributed by atoms with Crippen LogP contribution in [-0.4, -0.2) is 70.6 Å². The van der Waals surface area contributed by atoms with E-state index in [1.807, 2.05) is 0 Å². The van der Waals surface area contributed by atoms with Gasteiger partial charge in [-0.3, -0.25) is 9.59 Å². The Balaban J connectivity index is 1.87. The summed E-state index contributed by atoms with van der Waals surface area (Å²) in [7, 11) is 3.34. The average molecular weight is 373 g/mol. The zero-order valence-corrected chi connectivity index (χ0v) is 15.5. The molecule has 0 saturated carbocycles. The van der Waals surface area contributed by atoms with Crippen LogP contribution in [0.25, 0.3) is 5.57 Å². The number of likely N-dealkylation sites (N-methyl/N-ethyl adjacent to an activating group) is 1. The molecule has 2 aliphatic heterocycles. The van der Waals surface area contributed by atoms with E-state index in [1.54, 1.807) is 45.3 Å². The van der Waals surface area contributed by atoms with E-state index >= 15 is 0 Å². The minimum atomic E-state index is -1.16. The molecule has 144 valence electrons. The Kier molecular flexibility index (Phi) is 4.93. The number of aliphatic hydroxyl groups is 1.